The third kappa shape index (κ3) is 2.42. The monoisotopic (exact) mass is 216 g/mol. The Kier molecular flexibility index (Phi) is 3.25. The zero-order valence-electron chi connectivity index (χ0n) is 9.68. The summed E-state index contributed by atoms with van der Waals surface area (Å²) in [5.41, 5.74) is 2.29. The molecule has 2 aromatic rings. The van der Waals surface area contributed by atoms with Crippen LogP contribution in [0.1, 0.15) is 11.4 Å². The fourth-order valence-electron chi connectivity index (χ4n) is 1.55. The van der Waals surface area contributed by atoms with Gasteiger partial charge in [-0.05, 0) is 26.0 Å². The van der Waals surface area contributed by atoms with Crippen molar-refractivity contribution in [1.82, 2.24) is 9.55 Å². The van der Waals surface area contributed by atoms with Crippen LogP contribution in [0.2, 0.25) is 0 Å². The Bertz CT molecular complexity index is 448. The molecule has 16 heavy (non-hydrogen) atoms. The molecule has 2 rings (SSSR count). The average molecular weight is 216 g/mol. The van der Waals surface area contributed by atoms with E-state index < -0.39 is 0 Å². The van der Waals surface area contributed by atoms with Gasteiger partial charge in [0, 0.05) is 5.69 Å². The van der Waals surface area contributed by atoms with Gasteiger partial charge >= 0.3 is 0 Å². The molecule has 0 radical (unpaired) electrons. The minimum atomic E-state index is 0.667. The Morgan fingerprint density at radius 1 is 1.19 bits per heavy atom. The Morgan fingerprint density at radius 3 is 2.56 bits per heavy atom. The molecular formula is C13H16N2O. The van der Waals surface area contributed by atoms with Gasteiger partial charge in [-0.2, -0.15) is 0 Å². The number of imidazole rings is 1. The van der Waals surface area contributed by atoms with Gasteiger partial charge in [-0.3, -0.25) is 0 Å². The van der Waals surface area contributed by atoms with Crippen molar-refractivity contribution in [3.63, 3.8) is 0 Å². The normalized spacial score (nSPS) is 10.4. The Labute approximate surface area is 95.7 Å². The second-order valence-corrected chi connectivity index (χ2v) is 3.77. The molecule has 0 spiro atoms. The molecule has 0 saturated heterocycles. The van der Waals surface area contributed by atoms with Crippen molar-refractivity contribution in [2.75, 3.05) is 6.61 Å². The van der Waals surface area contributed by atoms with E-state index in [-0.39, 0.29) is 0 Å². The number of aromatic nitrogens is 2. The van der Waals surface area contributed by atoms with Gasteiger partial charge in [-0.15, -0.1) is 0 Å². The summed E-state index contributed by atoms with van der Waals surface area (Å²) in [6.45, 7) is 5.59. The average Bonchev–Trinajstić information content (AvgIpc) is 2.62. The molecule has 0 bridgehead atoms. The molecule has 0 unspecified atom stereocenters. The maximum absolute atomic E-state index is 5.63. The summed E-state index contributed by atoms with van der Waals surface area (Å²) >= 11 is 0. The van der Waals surface area contributed by atoms with Gasteiger partial charge < -0.3 is 9.30 Å². The number of benzene rings is 1. The van der Waals surface area contributed by atoms with Gasteiger partial charge in [-0.25, -0.2) is 4.98 Å². The summed E-state index contributed by atoms with van der Waals surface area (Å²) in [5, 5.41) is 0. The summed E-state index contributed by atoms with van der Waals surface area (Å²) < 4.78 is 7.73. The van der Waals surface area contributed by atoms with E-state index in [0.29, 0.717) is 6.61 Å². The zero-order valence-corrected chi connectivity index (χ0v) is 9.68. The minimum absolute atomic E-state index is 0.667. The third-order valence-electron chi connectivity index (χ3n) is 2.69. The summed E-state index contributed by atoms with van der Waals surface area (Å²) in [6.07, 6.45) is 1.86. The molecule has 1 aromatic carbocycles. The SMILES string of the molecule is Cc1ncn(CCOc2ccccc2)c1C. The van der Waals surface area contributed by atoms with Crippen molar-refractivity contribution in [3.8, 4) is 5.75 Å². The van der Waals surface area contributed by atoms with Gasteiger partial charge in [0.25, 0.3) is 0 Å². The molecule has 0 saturated carbocycles. The van der Waals surface area contributed by atoms with Crippen LogP contribution in [0, 0.1) is 13.8 Å². The van der Waals surface area contributed by atoms with Crippen LogP contribution in [-0.4, -0.2) is 16.2 Å². The second-order valence-electron chi connectivity index (χ2n) is 3.77. The lowest BCUT2D eigenvalue weighted by atomic mass is 10.3. The number of nitrogens with zero attached hydrogens (tertiary/aromatic N) is 2. The quantitative estimate of drug-likeness (QED) is 0.785. The number of ether oxygens (including phenoxy) is 1. The van der Waals surface area contributed by atoms with Gasteiger partial charge in [0.15, 0.2) is 0 Å². The van der Waals surface area contributed by atoms with E-state index >= 15 is 0 Å². The Hall–Kier alpha value is -1.77. The molecule has 1 aromatic heterocycles. The lowest BCUT2D eigenvalue weighted by Gasteiger charge is -2.07. The van der Waals surface area contributed by atoms with E-state index in [1.54, 1.807) is 0 Å². The fraction of sp³-hybridized carbons (Fsp3) is 0.308. The van der Waals surface area contributed by atoms with Crippen LogP contribution in [0.25, 0.3) is 0 Å². The minimum Gasteiger partial charge on any atom is -0.492 e. The molecule has 0 fully saturated rings. The number of rotatable bonds is 4. The van der Waals surface area contributed by atoms with Crippen molar-refractivity contribution in [1.29, 1.82) is 0 Å². The van der Waals surface area contributed by atoms with Gasteiger partial charge in [0.1, 0.15) is 12.4 Å². The van der Waals surface area contributed by atoms with Crippen LogP contribution in [0.15, 0.2) is 36.7 Å². The zero-order chi connectivity index (χ0) is 11.4. The van der Waals surface area contributed by atoms with E-state index in [0.717, 1.165) is 18.0 Å². The molecule has 1 heterocycles. The van der Waals surface area contributed by atoms with E-state index in [1.165, 1.54) is 5.69 Å². The largest absolute Gasteiger partial charge is 0.492 e. The molecule has 3 nitrogen and oxygen atoms in total. The Balaban J connectivity index is 1.87. The first-order chi connectivity index (χ1) is 7.77. The van der Waals surface area contributed by atoms with Crippen LogP contribution < -0.4 is 4.74 Å². The highest BCUT2D eigenvalue weighted by Gasteiger charge is 2.01. The predicted octanol–water partition coefficient (Wildman–Crippen LogP) is 2.58. The number of hydrogen-bond acceptors (Lipinski definition) is 2. The van der Waals surface area contributed by atoms with Crippen LogP contribution in [-0.2, 0) is 6.54 Å². The lowest BCUT2D eigenvalue weighted by Crippen LogP contribution is -2.08. The van der Waals surface area contributed by atoms with Crippen LogP contribution in [0.4, 0.5) is 0 Å². The molecule has 0 aliphatic carbocycles. The van der Waals surface area contributed by atoms with Crippen molar-refractivity contribution in [2.24, 2.45) is 0 Å². The van der Waals surface area contributed by atoms with Gasteiger partial charge in [0.2, 0.25) is 0 Å². The van der Waals surface area contributed by atoms with E-state index in [1.807, 2.05) is 43.6 Å². The summed E-state index contributed by atoms with van der Waals surface area (Å²) in [5.74, 6) is 0.914. The van der Waals surface area contributed by atoms with Crippen LogP contribution in [0.3, 0.4) is 0 Å². The highest BCUT2D eigenvalue weighted by atomic mass is 16.5. The van der Waals surface area contributed by atoms with Gasteiger partial charge in [-0.1, -0.05) is 18.2 Å². The van der Waals surface area contributed by atoms with E-state index in [2.05, 4.69) is 16.5 Å². The van der Waals surface area contributed by atoms with Gasteiger partial charge in [0.05, 0.1) is 18.6 Å². The summed E-state index contributed by atoms with van der Waals surface area (Å²) in [4.78, 5) is 4.25. The van der Waals surface area contributed by atoms with Crippen molar-refractivity contribution in [2.45, 2.75) is 20.4 Å². The topological polar surface area (TPSA) is 27.1 Å². The predicted molar refractivity (Wildman–Crippen MR) is 63.6 cm³/mol. The number of hydrogen-bond donors (Lipinski definition) is 0. The van der Waals surface area contributed by atoms with Crippen molar-refractivity contribution in [3.05, 3.63) is 48.0 Å². The second kappa shape index (κ2) is 4.84. The highest BCUT2D eigenvalue weighted by molar-refractivity contribution is 5.20. The first-order valence-electron chi connectivity index (χ1n) is 5.43. The molecule has 0 aliphatic rings. The van der Waals surface area contributed by atoms with Crippen LogP contribution >= 0.6 is 0 Å². The standard InChI is InChI=1S/C13H16N2O/c1-11-12(2)15(10-14-11)8-9-16-13-6-4-3-5-7-13/h3-7,10H,8-9H2,1-2H3. The molecular weight excluding hydrogens is 200 g/mol. The molecule has 0 N–H and O–H groups in total. The molecule has 3 heteroatoms. The highest BCUT2D eigenvalue weighted by Crippen LogP contribution is 2.09. The summed E-state index contributed by atoms with van der Waals surface area (Å²) in [6, 6.07) is 9.86. The molecule has 0 aliphatic heterocycles. The van der Waals surface area contributed by atoms with Crippen molar-refractivity contribution < 1.29 is 4.74 Å². The summed E-state index contributed by atoms with van der Waals surface area (Å²) in [7, 11) is 0. The first kappa shape index (κ1) is 10.7. The number of para-hydroxylation sites is 1. The van der Waals surface area contributed by atoms with Crippen LogP contribution in [0.5, 0.6) is 5.75 Å². The van der Waals surface area contributed by atoms with E-state index in [4.69, 9.17) is 4.74 Å². The molecule has 0 atom stereocenters. The third-order valence-corrected chi connectivity index (χ3v) is 2.69. The van der Waals surface area contributed by atoms with Crippen molar-refractivity contribution >= 4 is 0 Å². The number of aryl methyl sites for hydroxylation is 1. The fourth-order valence-corrected chi connectivity index (χ4v) is 1.55. The maximum atomic E-state index is 5.63. The maximum Gasteiger partial charge on any atom is 0.119 e. The first-order valence-corrected chi connectivity index (χ1v) is 5.43. The molecule has 0 amide bonds. The Morgan fingerprint density at radius 2 is 1.94 bits per heavy atom. The van der Waals surface area contributed by atoms with E-state index in [9.17, 15) is 0 Å². The lowest BCUT2D eigenvalue weighted by molar-refractivity contribution is 0.297. The molecule has 84 valence electrons. The smallest absolute Gasteiger partial charge is 0.119 e.